The predicted molar refractivity (Wildman–Crippen MR) is 118 cm³/mol. The van der Waals surface area contributed by atoms with E-state index in [1.807, 2.05) is 0 Å². The van der Waals surface area contributed by atoms with E-state index in [2.05, 4.69) is 0 Å². The Morgan fingerprint density at radius 2 is 1.72 bits per heavy atom. The van der Waals surface area contributed by atoms with Crippen LogP contribution >= 0.6 is 0 Å². The Kier molecular flexibility index (Phi) is 7.09. The zero-order valence-electron chi connectivity index (χ0n) is 18.0. The number of ether oxygens (including phenoxy) is 2. The van der Waals surface area contributed by atoms with Gasteiger partial charge in [-0.1, -0.05) is 12.8 Å². The van der Waals surface area contributed by atoms with Gasteiger partial charge < -0.3 is 14.4 Å². The van der Waals surface area contributed by atoms with Crippen molar-refractivity contribution in [1.82, 2.24) is 9.21 Å². The van der Waals surface area contributed by atoms with E-state index < -0.39 is 19.9 Å². The van der Waals surface area contributed by atoms with Crippen LogP contribution in [-0.2, 0) is 29.4 Å². The number of hydrogen-bond donors (Lipinski definition) is 0. The van der Waals surface area contributed by atoms with Gasteiger partial charge in [0.15, 0.2) is 16.4 Å². The van der Waals surface area contributed by atoms with E-state index in [0.717, 1.165) is 25.7 Å². The van der Waals surface area contributed by atoms with E-state index in [9.17, 15) is 21.6 Å². The number of nitrogens with zero attached hydrogens (tertiary/aromatic N) is 2. The Morgan fingerprint density at radius 3 is 2.31 bits per heavy atom. The third kappa shape index (κ3) is 5.27. The molecule has 9 nitrogen and oxygen atoms in total. The first-order valence-electron chi connectivity index (χ1n) is 11.1. The average Bonchev–Trinajstić information content (AvgIpc) is 3.43. The van der Waals surface area contributed by atoms with Gasteiger partial charge in [0.1, 0.15) is 5.75 Å². The lowest BCUT2D eigenvalue weighted by atomic mass is 10.1. The molecule has 0 unspecified atom stereocenters. The van der Waals surface area contributed by atoms with Gasteiger partial charge in [0.25, 0.3) is 5.91 Å². The van der Waals surface area contributed by atoms with Gasteiger partial charge in [-0.3, -0.25) is 4.79 Å². The molecule has 4 rings (SSSR count). The molecule has 2 saturated heterocycles. The van der Waals surface area contributed by atoms with Crippen molar-refractivity contribution in [2.24, 2.45) is 0 Å². The second kappa shape index (κ2) is 9.66. The van der Waals surface area contributed by atoms with Crippen LogP contribution in [0.4, 0.5) is 0 Å². The number of amides is 1. The maximum atomic E-state index is 13.0. The van der Waals surface area contributed by atoms with Crippen LogP contribution in [0.2, 0.25) is 0 Å². The Bertz CT molecular complexity index is 1010. The van der Waals surface area contributed by atoms with Gasteiger partial charge in [0, 0.05) is 25.2 Å². The Hall–Kier alpha value is -1.69. The number of morpholine rings is 1. The number of carbonyl (C=O) groups excluding carboxylic acids is 1. The molecular formula is C21H30N2O7S2. The standard InChI is InChI=1S/C21H30N2O7S2/c24-21(23(17-3-1-2-4-17)18-9-14-31(25,26)16-18)15-30-19-5-7-20(8-6-19)32(27,28)22-10-12-29-13-11-22/h5-8,17-18H,1-4,9-16H2/t18-/m1/s1. The second-order valence-electron chi connectivity index (χ2n) is 8.57. The molecule has 178 valence electrons. The largest absolute Gasteiger partial charge is 0.484 e. The molecule has 2 heterocycles. The molecule has 1 atom stereocenters. The maximum absolute atomic E-state index is 13.0. The third-order valence-corrected chi connectivity index (χ3v) is 10.1. The first kappa shape index (κ1) is 23.5. The van der Waals surface area contributed by atoms with E-state index in [4.69, 9.17) is 9.47 Å². The molecule has 32 heavy (non-hydrogen) atoms. The van der Waals surface area contributed by atoms with E-state index in [1.54, 1.807) is 17.0 Å². The summed E-state index contributed by atoms with van der Waals surface area (Å²) in [7, 11) is -6.69. The summed E-state index contributed by atoms with van der Waals surface area (Å²) in [6.45, 7) is 1.19. The molecule has 1 aromatic carbocycles. The monoisotopic (exact) mass is 486 g/mol. The Morgan fingerprint density at radius 1 is 1.06 bits per heavy atom. The van der Waals surface area contributed by atoms with Gasteiger partial charge in [-0.15, -0.1) is 0 Å². The van der Waals surface area contributed by atoms with Crippen molar-refractivity contribution in [1.29, 1.82) is 0 Å². The Labute approximate surface area is 189 Å². The summed E-state index contributed by atoms with van der Waals surface area (Å²) in [4.78, 5) is 14.9. The molecule has 1 aliphatic carbocycles. The molecule has 1 amide bonds. The molecule has 0 bridgehead atoms. The first-order valence-corrected chi connectivity index (χ1v) is 14.3. The minimum Gasteiger partial charge on any atom is -0.484 e. The normalized spacial score (nSPS) is 24.4. The van der Waals surface area contributed by atoms with Crippen molar-refractivity contribution >= 4 is 25.8 Å². The zero-order valence-corrected chi connectivity index (χ0v) is 19.7. The summed E-state index contributed by atoms with van der Waals surface area (Å²) < 4.78 is 61.6. The van der Waals surface area contributed by atoms with Crippen LogP contribution in [-0.4, -0.2) is 88.4 Å². The van der Waals surface area contributed by atoms with Crippen molar-refractivity contribution in [3.05, 3.63) is 24.3 Å². The molecule has 3 fully saturated rings. The average molecular weight is 487 g/mol. The van der Waals surface area contributed by atoms with Gasteiger partial charge in [0.2, 0.25) is 10.0 Å². The molecule has 1 aromatic rings. The molecule has 2 aliphatic heterocycles. The summed E-state index contributed by atoms with van der Waals surface area (Å²) in [5.74, 6) is 0.311. The minimum atomic E-state index is -3.59. The molecule has 0 spiro atoms. The third-order valence-electron chi connectivity index (χ3n) is 6.40. The fraction of sp³-hybridized carbons (Fsp3) is 0.667. The van der Waals surface area contributed by atoms with Gasteiger partial charge in [0.05, 0.1) is 29.6 Å². The van der Waals surface area contributed by atoms with Gasteiger partial charge >= 0.3 is 0 Å². The zero-order chi connectivity index (χ0) is 22.8. The fourth-order valence-corrected chi connectivity index (χ4v) is 7.87. The number of benzene rings is 1. The van der Waals surface area contributed by atoms with Crippen LogP contribution in [0.25, 0.3) is 0 Å². The SMILES string of the molecule is O=C(COc1ccc(S(=O)(=O)N2CCOCC2)cc1)N(C1CCCC1)[C@@H]1CCS(=O)(=O)C1. The minimum absolute atomic E-state index is 0.0172. The van der Waals surface area contributed by atoms with Crippen LogP contribution < -0.4 is 4.74 Å². The van der Waals surface area contributed by atoms with E-state index in [0.29, 0.717) is 38.5 Å². The van der Waals surface area contributed by atoms with Gasteiger partial charge in [-0.05, 0) is 43.5 Å². The number of rotatable bonds is 7. The fourth-order valence-electron chi connectivity index (χ4n) is 4.75. The van der Waals surface area contributed by atoms with Crippen LogP contribution in [0.15, 0.2) is 29.2 Å². The van der Waals surface area contributed by atoms with E-state index in [-0.39, 0.29) is 41.0 Å². The Balaban J connectivity index is 1.40. The predicted octanol–water partition coefficient (Wildman–Crippen LogP) is 1.04. The van der Waals surface area contributed by atoms with Crippen LogP contribution in [0.3, 0.4) is 0 Å². The highest BCUT2D eigenvalue weighted by atomic mass is 32.2. The highest BCUT2D eigenvalue weighted by molar-refractivity contribution is 7.91. The lowest BCUT2D eigenvalue weighted by molar-refractivity contribution is -0.137. The van der Waals surface area contributed by atoms with Crippen molar-refractivity contribution in [2.45, 2.75) is 49.1 Å². The number of carbonyl (C=O) groups is 1. The first-order chi connectivity index (χ1) is 15.3. The number of sulfone groups is 1. The van der Waals surface area contributed by atoms with E-state index in [1.165, 1.54) is 16.4 Å². The second-order valence-corrected chi connectivity index (χ2v) is 12.7. The molecule has 1 saturated carbocycles. The molecule has 11 heteroatoms. The lowest BCUT2D eigenvalue weighted by Gasteiger charge is -2.34. The number of sulfonamides is 1. The summed E-state index contributed by atoms with van der Waals surface area (Å²) >= 11 is 0. The van der Waals surface area contributed by atoms with Gasteiger partial charge in [-0.2, -0.15) is 4.31 Å². The van der Waals surface area contributed by atoms with Gasteiger partial charge in [-0.25, -0.2) is 16.8 Å². The summed E-state index contributed by atoms with van der Waals surface area (Å²) in [5, 5.41) is 0. The molecule has 3 aliphatic rings. The van der Waals surface area contributed by atoms with Crippen LogP contribution in [0, 0.1) is 0 Å². The van der Waals surface area contributed by atoms with Crippen LogP contribution in [0.1, 0.15) is 32.1 Å². The topological polar surface area (TPSA) is 110 Å². The highest BCUT2D eigenvalue weighted by Gasteiger charge is 2.39. The maximum Gasteiger partial charge on any atom is 0.261 e. The highest BCUT2D eigenvalue weighted by Crippen LogP contribution is 2.29. The van der Waals surface area contributed by atoms with Crippen LogP contribution in [0.5, 0.6) is 5.75 Å². The van der Waals surface area contributed by atoms with Crippen molar-refractivity contribution in [2.75, 3.05) is 44.4 Å². The molecule has 0 aromatic heterocycles. The summed E-state index contributed by atoms with van der Waals surface area (Å²) in [5.41, 5.74) is 0. The van der Waals surface area contributed by atoms with E-state index >= 15 is 0 Å². The summed E-state index contributed by atoms with van der Waals surface area (Å²) in [6, 6.07) is 5.80. The summed E-state index contributed by atoms with van der Waals surface area (Å²) in [6.07, 6.45) is 4.31. The van der Waals surface area contributed by atoms with Crippen molar-refractivity contribution in [3.63, 3.8) is 0 Å². The number of hydrogen-bond acceptors (Lipinski definition) is 7. The van der Waals surface area contributed by atoms with Crippen molar-refractivity contribution < 1.29 is 31.1 Å². The molecule has 0 radical (unpaired) electrons. The molecular weight excluding hydrogens is 456 g/mol. The molecule has 0 N–H and O–H groups in total. The lowest BCUT2D eigenvalue weighted by Crippen LogP contribution is -2.48. The quantitative estimate of drug-likeness (QED) is 0.566. The smallest absolute Gasteiger partial charge is 0.261 e. The van der Waals surface area contributed by atoms with Crippen molar-refractivity contribution in [3.8, 4) is 5.75 Å².